The number of pyridine rings is 1. The number of hydrogen-bond acceptors (Lipinski definition) is 10. The molecule has 0 aliphatic carbocycles. The summed E-state index contributed by atoms with van der Waals surface area (Å²) in [7, 11) is -2.13. The molecule has 0 unspecified atom stereocenters. The van der Waals surface area contributed by atoms with Crippen LogP contribution in [-0.2, 0) is 17.1 Å². The Hall–Kier alpha value is -4.48. The minimum absolute atomic E-state index is 0.0227. The van der Waals surface area contributed by atoms with Crippen LogP contribution in [-0.4, -0.2) is 58.0 Å². The number of amides is 1. The third-order valence-corrected chi connectivity index (χ3v) is 8.14. The van der Waals surface area contributed by atoms with Crippen molar-refractivity contribution in [3.8, 4) is 6.07 Å². The van der Waals surface area contributed by atoms with Gasteiger partial charge in [-0.2, -0.15) is 10.4 Å². The molecule has 0 spiro atoms. The van der Waals surface area contributed by atoms with Crippen LogP contribution >= 0.6 is 11.6 Å². The molecule has 0 radical (unpaired) electrons. The monoisotopic (exact) mass is 623 g/mol. The molecule has 4 heterocycles. The van der Waals surface area contributed by atoms with E-state index in [1.807, 2.05) is 29.3 Å². The van der Waals surface area contributed by atoms with Crippen LogP contribution in [0.25, 0.3) is 10.9 Å². The van der Waals surface area contributed by atoms with Gasteiger partial charge in [-0.1, -0.05) is 17.7 Å². The maximum atomic E-state index is 13.6. The molecule has 0 bridgehead atoms. The number of carbonyl (C=O) groups is 1. The second kappa shape index (κ2) is 11.7. The van der Waals surface area contributed by atoms with Gasteiger partial charge in [-0.05, 0) is 50.5 Å². The van der Waals surface area contributed by atoms with Gasteiger partial charge in [0.25, 0.3) is 11.5 Å². The normalized spacial score (nSPS) is 14.8. The lowest BCUT2D eigenvalue weighted by Crippen LogP contribution is -2.39. The summed E-state index contributed by atoms with van der Waals surface area (Å²) < 4.78 is 28.7. The van der Waals surface area contributed by atoms with E-state index in [0.29, 0.717) is 41.1 Å². The van der Waals surface area contributed by atoms with E-state index in [1.54, 1.807) is 36.1 Å². The fourth-order valence-electron chi connectivity index (χ4n) is 5.33. The predicted molar refractivity (Wildman–Crippen MR) is 163 cm³/mol. The van der Waals surface area contributed by atoms with E-state index < -0.39 is 22.0 Å². The Morgan fingerprint density at radius 1 is 1.21 bits per heavy atom. The Kier molecular flexibility index (Phi) is 8.13. The van der Waals surface area contributed by atoms with Crippen molar-refractivity contribution in [3.63, 3.8) is 0 Å². The average Bonchev–Trinajstić information content (AvgIpc) is 3.44. The molecule has 1 fully saturated rings. The number of benzene rings is 1. The molecule has 5 rings (SSSR count). The molecule has 1 aromatic carbocycles. The summed E-state index contributed by atoms with van der Waals surface area (Å²) in [4.78, 5) is 37.4. The van der Waals surface area contributed by atoms with Gasteiger partial charge in [-0.15, -0.1) is 0 Å². The van der Waals surface area contributed by atoms with Crippen molar-refractivity contribution in [1.29, 1.82) is 5.26 Å². The van der Waals surface area contributed by atoms with E-state index in [4.69, 9.17) is 21.8 Å². The van der Waals surface area contributed by atoms with Crippen molar-refractivity contribution in [1.82, 2.24) is 29.0 Å². The number of rotatable bonds is 7. The average molecular weight is 624 g/mol. The predicted octanol–water partition coefficient (Wildman–Crippen LogP) is 3.06. The van der Waals surface area contributed by atoms with Crippen molar-refractivity contribution in [2.45, 2.75) is 38.8 Å². The van der Waals surface area contributed by atoms with Gasteiger partial charge >= 0.3 is 0 Å². The van der Waals surface area contributed by atoms with Crippen LogP contribution in [0.2, 0.25) is 5.15 Å². The molecule has 43 heavy (non-hydrogen) atoms. The molecular weight excluding hydrogens is 594 g/mol. The summed E-state index contributed by atoms with van der Waals surface area (Å²) >= 11 is 6.02. The first-order chi connectivity index (χ1) is 20.3. The van der Waals surface area contributed by atoms with E-state index >= 15 is 0 Å². The van der Waals surface area contributed by atoms with Gasteiger partial charge in [0.2, 0.25) is 16.0 Å². The number of nitrogens with one attached hydrogen (secondary N) is 2. The zero-order valence-corrected chi connectivity index (χ0v) is 25.6. The molecule has 2 N–H and O–H groups in total. The molecule has 3 aromatic heterocycles. The molecule has 1 saturated heterocycles. The smallest absolute Gasteiger partial charge is 0.285 e. The number of aromatic nitrogens is 5. The topological polar surface area (TPSA) is 168 Å². The van der Waals surface area contributed by atoms with Gasteiger partial charge in [0.15, 0.2) is 5.69 Å². The lowest BCUT2D eigenvalue weighted by molar-refractivity contribution is 0.0977. The maximum Gasteiger partial charge on any atom is 0.285 e. The molecule has 1 aliphatic rings. The third kappa shape index (κ3) is 6.32. The summed E-state index contributed by atoms with van der Waals surface area (Å²) in [6.45, 7) is 5.02. The van der Waals surface area contributed by atoms with Crippen LogP contribution in [0.1, 0.15) is 59.0 Å². The number of halogens is 1. The highest BCUT2D eigenvalue weighted by Gasteiger charge is 2.26. The highest BCUT2D eigenvalue weighted by Crippen LogP contribution is 2.30. The summed E-state index contributed by atoms with van der Waals surface area (Å²) in [5.74, 6) is -0.391. The van der Waals surface area contributed by atoms with Crippen LogP contribution in [0.3, 0.4) is 0 Å². The Bertz CT molecular complexity index is 1940. The fourth-order valence-corrected chi connectivity index (χ4v) is 5.91. The van der Waals surface area contributed by atoms with E-state index in [2.05, 4.69) is 26.4 Å². The Morgan fingerprint density at radius 2 is 1.93 bits per heavy atom. The van der Waals surface area contributed by atoms with Crippen molar-refractivity contribution in [2.24, 2.45) is 7.05 Å². The quantitative estimate of drug-likeness (QED) is 0.292. The second-order valence-electron chi connectivity index (χ2n) is 10.7. The summed E-state index contributed by atoms with van der Waals surface area (Å²) in [5, 5.41) is 17.2. The first-order valence-corrected chi connectivity index (χ1v) is 15.8. The first-order valence-electron chi connectivity index (χ1n) is 13.5. The number of carbonyl (C=O) groups excluding carboxylic acids is 1. The molecule has 0 saturated carbocycles. The minimum Gasteiger partial charge on any atom is -0.377 e. The molecule has 1 atom stereocenters. The van der Waals surface area contributed by atoms with Crippen molar-refractivity contribution in [3.05, 3.63) is 74.6 Å². The van der Waals surface area contributed by atoms with Crippen molar-refractivity contribution < 1.29 is 13.2 Å². The van der Waals surface area contributed by atoms with Gasteiger partial charge in [0.1, 0.15) is 11.2 Å². The fraction of sp³-hybridized carbons (Fsp3) is 0.357. The van der Waals surface area contributed by atoms with E-state index in [1.165, 1.54) is 6.07 Å². The SMILES string of the molecule is Cc1cc([C@@H](C)Nc2ccc(Cl)nc2C(=O)NS(C)(=O)=O)c2nc(N3CCC(n4cc(C#N)cn4)CC3)n(C)c(=O)c2c1. The number of aryl methyl sites for hydroxylation is 1. The molecule has 4 aromatic rings. The molecule has 15 heteroatoms. The minimum atomic E-state index is -3.84. The number of anilines is 2. The molecule has 1 aliphatic heterocycles. The Labute approximate surface area is 253 Å². The largest absolute Gasteiger partial charge is 0.377 e. The number of piperidine rings is 1. The van der Waals surface area contributed by atoms with Gasteiger partial charge < -0.3 is 10.2 Å². The van der Waals surface area contributed by atoms with E-state index in [0.717, 1.165) is 24.7 Å². The highest BCUT2D eigenvalue weighted by atomic mass is 35.5. The Morgan fingerprint density at radius 3 is 2.58 bits per heavy atom. The van der Waals surface area contributed by atoms with Crippen LogP contribution in [0, 0.1) is 18.3 Å². The lowest BCUT2D eigenvalue weighted by atomic mass is 10.0. The molecular formula is C28H30ClN9O4S. The van der Waals surface area contributed by atoms with Gasteiger partial charge in [-0.25, -0.2) is 23.1 Å². The lowest BCUT2D eigenvalue weighted by Gasteiger charge is -2.33. The first kappa shape index (κ1) is 30.0. The Balaban J connectivity index is 1.48. The number of nitrogens with zero attached hydrogens (tertiary/aromatic N) is 7. The maximum absolute atomic E-state index is 13.6. The van der Waals surface area contributed by atoms with Crippen LogP contribution in [0.15, 0.2) is 41.5 Å². The van der Waals surface area contributed by atoms with Crippen LogP contribution in [0.4, 0.5) is 11.6 Å². The van der Waals surface area contributed by atoms with Crippen molar-refractivity contribution >= 4 is 50.1 Å². The van der Waals surface area contributed by atoms with Crippen molar-refractivity contribution in [2.75, 3.05) is 29.6 Å². The molecule has 13 nitrogen and oxygen atoms in total. The standard InChI is InChI=1S/C28H30ClN9O4S/c1-16-11-20(17(2)32-22-5-6-23(29)33-25(22)26(39)35-43(4,41)42)24-21(12-16)27(40)36(3)28(34-24)37-9-7-19(8-10-37)38-15-18(13-30)14-31-38/h5-6,11-12,14-15,17,19,32H,7-10H2,1-4H3,(H,35,39)/t17-/m1/s1. The number of hydrogen-bond donors (Lipinski definition) is 2. The van der Waals surface area contributed by atoms with Gasteiger partial charge in [-0.3, -0.25) is 18.8 Å². The number of fused-ring (bicyclic) bond motifs is 1. The molecule has 224 valence electrons. The molecule has 1 amide bonds. The van der Waals surface area contributed by atoms with Gasteiger partial charge in [0, 0.05) is 31.9 Å². The number of sulfonamides is 1. The number of nitriles is 1. The van der Waals surface area contributed by atoms with Crippen LogP contribution in [0.5, 0.6) is 0 Å². The van der Waals surface area contributed by atoms with Gasteiger partial charge in [0.05, 0.1) is 46.7 Å². The zero-order valence-electron chi connectivity index (χ0n) is 24.0. The highest BCUT2D eigenvalue weighted by molar-refractivity contribution is 7.89. The summed E-state index contributed by atoms with van der Waals surface area (Å²) in [6, 6.07) is 8.53. The van der Waals surface area contributed by atoms with Crippen LogP contribution < -0.4 is 20.5 Å². The second-order valence-corrected chi connectivity index (χ2v) is 12.8. The summed E-state index contributed by atoms with van der Waals surface area (Å²) in [5.41, 5.74) is 2.49. The third-order valence-electron chi connectivity index (χ3n) is 7.38. The summed E-state index contributed by atoms with van der Waals surface area (Å²) in [6.07, 6.45) is 5.71. The zero-order chi connectivity index (χ0) is 31.1. The van der Waals surface area contributed by atoms with E-state index in [-0.39, 0.29) is 28.1 Å². The van der Waals surface area contributed by atoms with E-state index in [9.17, 15) is 18.0 Å².